The highest BCUT2D eigenvalue weighted by Crippen LogP contribution is 1.96. The average molecular weight is 318 g/mol. The predicted octanol–water partition coefficient (Wildman–Crippen LogP) is -0.342. The summed E-state index contributed by atoms with van der Waals surface area (Å²) in [5, 5.41) is 0. The maximum atomic E-state index is 5.75. The van der Waals surface area contributed by atoms with E-state index in [0.29, 0.717) is 39.8 Å². The van der Waals surface area contributed by atoms with E-state index in [1.165, 1.54) is 0 Å². The Balaban J connectivity index is 1.88. The molecule has 2 bridgehead atoms. The molecule has 0 aromatic heterocycles. The monoisotopic (exact) mass is 318 g/mol. The van der Waals surface area contributed by atoms with E-state index in [4.69, 9.17) is 23.7 Å². The van der Waals surface area contributed by atoms with Crippen molar-refractivity contribution in [3.05, 3.63) is 0 Å². The molecule has 0 radical (unpaired) electrons. The van der Waals surface area contributed by atoms with Crippen LogP contribution < -0.4 is 0 Å². The zero-order valence-electron chi connectivity index (χ0n) is 13.5. The van der Waals surface area contributed by atoms with Crippen LogP contribution in [-0.2, 0) is 23.7 Å². The Hall–Kier alpha value is -0.280. The summed E-state index contributed by atoms with van der Waals surface area (Å²) in [4.78, 5) is 4.54. The number of hydrogen-bond donors (Lipinski definition) is 0. The van der Waals surface area contributed by atoms with E-state index >= 15 is 0 Å². The van der Waals surface area contributed by atoms with Gasteiger partial charge in [0, 0.05) is 32.7 Å². The fraction of sp³-hybridized carbons (Fsp3) is 1.00. The van der Waals surface area contributed by atoms with Gasteiger partial charge in [-0.3, -0.25) is 9.80 Å². The van der Waals surface area contributed by atoms with Crippen LogP contribution in [0.5, 0.6) is 0 Å². The van der Waals surface area contributed by atoms with E-state index in [1.807, 2.05) is 0 Å². The molecule has 0 spiro atoms. The molecule has 2 saturated heterocycles. The summed E-state index contributed by atoms with van der Waals surface area (Å²) in [5.41, 5.74) is 0. The predicted molar refractivity (Wildman–Crippen MR) is 82.1 cm³/mol. The van der Waals surface area contributed by atoms with Crippen LogP contribution in [0.3, 0.4) is 0 Å². The van der Waals surface area contributed by atoms with Crippen molar-refractivity contribution in [2.75, 3.05) is 98.9 Å². The molecule has 2 rings (SSSR count). The molecule has 2 atom stereocenters. The molecule has 2 heterocycles. The Bertz CT molecular complexity index is 246. The molecule has 2 aliphatic rings. The average Bonchev–Trinajstić information content (AvgIpc) is 2.53. The van der Waals surface area contributed by atoms with Crippen molar-refractivity contribution < 1.29 is 23.7 Å². The summed E-state index contributed by atoms with van der Waals surface area (Å²) in [6, 6.07) is 0. The van der Waals surface area contributed by atoms with Crippen LogP contribution in [0.25, 0.3) is 0 Å². The Morgan fingerprint density at radius 3 is 1.23 bits per heavy atom. The fourth-order valence-electron chi connectivity index (χ4n) is 2.38. The molecule has 7 nitrogen and oxygen atoms in total. The molecule has 130 valence electrons. The number of ether oxygens (including phenoxy) is 5. The number of fused-ring (bicyclic) bond motifs is 6. The van der Waals surface area contributed by atoms with Crippen LogP contribution in [0.2, 0.25) is 0 Å². The van der Waals surface area contributed by atoms with Crippen LogP contribution in [0.1, 0.15) is 0 Å². The van der Waals surface area contributed by atoms with Crippen LogP contribution in [-0.4, -0.2) is 109 Å². The molecule has 0 aromatic carbocycles. The Morgan fingerprint density at radius 1 is 0.364 bits per heavy atom. The second kappa shape index (κ2) is 12.2. The zero-order valence-corrected chi connectivity index (χ0v) is 13.5. The van der Waals surface area contributed by atoms with E-state index in [-0.39, 0.29) is 0 Å². The summed E-state index contributed by atoms with van der Waals surface area (Å²) in [6.45, 7) is 11.2. The summed E-state index contributed by atoms with van der Waals surface area (Å²) in [5.74, 6) is 0. The first-order valence-corrected chi connectivity index (χ1v) is 8.28. The van der Waals surface area contributed by atoms with Gasteiger partial charge in [0.25, 0.3) is 0 Å². The third kappa shape index (κ3) is 8.38. The molecule has 22 heavy (non-hydrogen) atoms. The van der Waals surface area contributed by atoms with E-state index in [1.54, 1.807) is 0 Å². The third-order valence-corrected chi connectivity index (χ3v) is 3.78. The Morgan fingerprint density at radius 2 is 0.727 bits per heavy atom. The van der Waals surface area contributed by atoms with Gasteiger partial charge >= 0.3 is 0 Å². The maximum Gasteiger partial charge on any atom is 0.0992 e. The topological polar surface area (TPSA) is 52.6 Å². The molecule has 2 fully saturated rings. The van der Waals surface area contributed by atoms with E-state index in [9.17, 15) is 0 Å². The molecule has 0 amide bonds. The lowest BCUT2D eigenvalue weighted by atomic mass is 10.4. The molecule has 2 unspecified atom stereocenters. The van der Waals surface area contributed by atoms with Crippen LogP contribution in [0.4, 0.5) is 0 Å². The Labute approximate surface area is 133 Å². The van der Waals surface area contributed by atoms with Gasteiger partial charge in [0.2, 0.25) is 0 Å². The second-order valence-corrected chi connectivity index (χ2v) is 5.45. The molecular formula is C15H30N2O5. The first-order chi connectivity index (χ1) is 10.9. The highest BCUT2D eigenvalue weighted by atomic mass is 16.5. The van der Waals surface area contributed by atoms with Crippen molar-refractivity contribution in [2.24, 2.45) is 0 Å². The minimum Gasteiger partial charge on any atom is -0.379 e. The van der Waals surface area contributed by atoms with E-state index < -0.39 is 0 Å². The summed E-state index contributed by atoms with van der Waals surface area (Å²) in [6.07, 6.45) is 0. The van der Waals surface area contributed by atoms with Gasteiger partial charge in [-0.1, -0.05) is 0 Å². The molecule has 0 aliphatic carbocycles. The van der Waals surface area contributed by atoms with Gasteiger partial charge in [-0.15, -0.1) is 0 Å². The summed E-state index contributed by atoms with van der Waals surface area (Å²) < 4.78 is 28.3. The van der Waals surface area contributed by atoms with Gasteiger partial charge in [0.1, 0.15) is 0 Å². The second-order valence-electron chi connectivity index (χ2n) is 5.45. The van der Waals surface area contributed by atoms with Crippen molar-refractivity contribution in [3.63, 3.8) is 0 Å². The highest BCUT2D eigenvalue weighted by Gasteiger charge is 2.09. The fourth-order valence-corrected chi connectivity index (χ4v) is 2.38. The lowest BCUT2D eigenvalue weighted by Crippen LogP contribution is -2.36. The largest absolute Gasteiger partial charge is 0.379 e. The molecule has 7 heteroatoms. The summed E-state index contributed by atoms with van der Waals surface area (Å²) in [7, 11) is 0. The van der Waals surface area contributed by atoms with E-state index in [2.05, 4.69) is 9.80 Å². The molecule has 2 aliphatic heterocycles. The standard InChI is InChI=1S/C15H30N2O5/c1-6-18-9-4-17-5-10-21-12-11-19-7-2-16(1)3-8-20-13-14-22-15-17/h1-15H2. The third-order valence-electron chi connectivity index (χ3n) is 3.78. The van der Waals surface area contributed by atoms with E-state index in [0.717, 1.165) is 59.2 Å². The van der Waals surface area contributed by atoms with Crippen molar-refractivity contribution in [1.29, 1.82) is 0 Å². The van der Waals surface area contributed by atoms with Gasteiger partial charge in [-0.05, 0) is 0 Å². The van der Waals surface area contributed by atoms with Gasteiger partial charge in [0.05, 0.1) is 66.2 Å². The smallest absolute Gasteiger partial charge is 0.0992 e. The van der Waals surface area contributed by atoms with Crippen molar-refractivity contribution in [3.8, 4) is 0 Å². The van der Waals surface area contributed by atoms with Gasteiger partial charge in [0.15, 0.2) is 0 Å². The van der Waals surface area contributed by atoms with Gasteiger partial charge < -0.3 is 23.7 Å². The summed E-state index contributed by atoms with van der Waals surface area (Å²) >= 11 is 0. The first kappa shape index (κ1) is 18.1. The molecular weight excluding hydrogens is 288 g/mol. The van der Waals surface area contributed by atoms with Gasteiger partial charge in [-0.25, -0.2) is 0 Å². The normalized spacial score (nSPS) is 31.6. The first-order valence-electron chi connectivity index (χ1n) is 8.28. The number of nitrogens with zero attached hydrogens (tertiary/aromatic N) is 2. The lowest BCUT2D eigenvalue weighted by Gasteiger charge is -2.24. The van der Waals surface area contributed by atoms with Crippen molar-refractivity contribution in [2.45, 2.75) is 0 Å². The van der Waals surface area contributed by atoms with Crippen LogP contribution in [0, 0.1) is 0 Å². The zero-order chi connectivity index (χ0) is 15.3. The quantitative estimate of drug-likeness (QED) is 0.566. The molecule has 0 saturated carbocycles. The minimum atomic E-state index is 0.596. The number of hydrogen-bond acceptors (Lipinski definition) is 7. The molecule has 0 aromatic rings. The van der Waals surface area contributed by atoms with Crippen LogP contribution in [0.15, 0.2) is 0 Å². The van der Waals surface area contributed by atoms with Crippen LogP contribution >= 0.6 is 0 Å². The minimum absolute atomic E-state index is 0.596. The molecule has 0 N–H and O–H groups in total. The maximum absolute atomic E-state index is 5.75. The highest BCUT2D eigenvalue weighted by molar-refractivity contribution is 4.59. The van der Waals surface area contributed by atoms with Crippen molar-refractivity contribution >= 4 is 0 Å². The van der Waals surface area contributed by atoms with Gasteiger partial charge in [-0.2, -0.15) is 0 Å². The SMILES string of the molecule is C1COCCN2CCOCCN(CCO1)CCOCCOC2. The lowest BCUT2D eigenvalue weighted by molar-refractivity contribution is -0.0319. The van der Waals surface area contributed by atoms with Crippen molar-refractivity contribution in [1.82, 2.24) is 9.80 Å². The Kier molecular flexibility index (Phi) is 10.0. The number of rotatable bonds is 0.